The van der Waals surface area contributed by atoms with E-state index in [1.807, 2.05) is 48.5 Å². The number of epoxide rings is 1. The van der Waals surface area contributed by atoms with Crippen molar-refractivity contribution in [3.8, 4) is 11.5 Å². The molecule has 1 heterocycles. The normalized spacial score (nSPS) is 17.8. The van der Waals surface area contributed by atoms with Crippen molar-refractivity contribution in [3.63, 3.8) is 0 Å². The summed E-state index contributed by atoms with van der Waals surface area (Å²) in [4.78, 5) is 0. The molecule has 0 amide bonds. The van der Waals surface area contributed by atoms with Gasteiger partial charge in [0.15, 0.2) is 0 Å². The zero-order valence-corrected chi connectivity index (χ0v) is 10.7. The van der Waals surface area contributed by atoms with Gasteiger partial charge in [0.1, 0.15) is 17.6 Å². The smallest absolute Gasteiger partial charge is 0.127 e. The SMILES string of the molecule is Brc1ccc(Oc2ccc([C@H]3CO3)cc2)cc1. The van der Waals surface area contributed by atoms with Crippen LogP contribution in [0.4, 0.5) is 0 Å². The van der Waals surface area contributed by atoms with E-state index >= 15 is 0 Å². The molecule has 3 heteroatoms. The minimum absolute atomic E-state index is 0.303. The first kappa shape index (κ1) is 10.8. The summed E-state index contributed by atoms with van der Waals surface area (Å²) in [6.45, 7) is 0.840. The van der Waals surface area contributed by atoms with Gasteiger partial charge in [0.25, 0.3) is 0 Å². The number of hydrogen-bond donors (Lipinski definition) is 0. The average molecular weight is 291 g/mol. The van der Waals surface area contributed by atoms with Crippen LogP contribution in [-0.2, 0) is 4.74 Å². The van der Waals surface area contributed by atoms with Gasteiger partial charge in [0.05, 0.1) is 6.61 Å². The molecule has 0 aliphatic carbocycles. The molecule has 0 spiro atoms. The Hall–Kier alpha value is -1.32. The van der Waals surface area contributed by atoms with E-state index in [-0.39, 0.29) is 0 Å². The fraction of sp³-hybridized carbons (Fsp3) is 0.143. The van der Waals surface area contributed by atoms with Crippen LogP contribution in [-0.4, -0.2) is 6.61 Å². The third kappa shape index (κ3) is 2.68. The lowest BCUT2D eigenvalue weighted by Crippen LogP contribution is -1.85. The molecular weight excluding hydrogens is 280 g/mol. The summed E-state index contributed by atoms with van der Waals surface area (Å²) in [6.07, 6.45) is 0.303. The highest BCUT2D eigenvalue weighted by molar-refractivity contribution is 9.10. The molecule has 17 heavy (non-hydrogen) atoms. The van der Waals surface area contributed by atoms with Crippen molar-refractivity contribution in [2.75, 3.05) is 6.61 Å². The van der Waals surface area contributed by atoms with Crippen molar-refractivity contribution < 1.29 is 9.47 Å². The van der Waals surface area contributed by atoms with Crippen LogP contribution in [0.5, 0.6) is 11.5 Å². The molecule has 0 aromatic heterocycles. The van der Waals surface area contributed by atoms with Gasteiger partial charge in [0.2, 0.25) is 0 Å². The van der Waals surface area contributed by atoms with E-state index in [2.05, 4.69) is 15.9 Å². The summed E-state index contributed by atoms with van der Waals surface area (Å²) in [5.41, 5.74) is 1.22. The highest BCUT2D eigenvalue weighted by Crippen LogP contribution is 2.31. The summed E-state index contributed by atoms with van der Waals surface area (Å²) in [6, 6.07) is 15.8. The van der Waals surface area contributed by atoms with Crippen LogP contribution in [0.1, 0.15) is 11.7 Å². The second kappa shape index (κ2) is 4.51. The van der Waals surface area contributed by atoms with E-state index in [4.69, 9.17) is 9.47 Å². The molecule has 1 saturated heterocycles. The van der Waals surface area contributed by atoms with E-state index in [9.17, 15) is 0 Å². The molecule has 1 aliphatic heterocycles. The maximum atomic E-state index is 5.73. The summed E-state index contributed by atoms with van der Waals surface area (Å²) in [7, 11) is 0. The van der Waals surface area contributed by atoms with E-state index in [1.54, 1.807) is 0 Å². The van der Waals surface area contributed by atoms with Crippen LogP contribution in [0.3, 0.4) is 0 Å². The van der Waals surface area contributed by atoms with Crippen LogP contribution in [0, 0.1) is 0 Å². The molecule has 1 atom stereocenters. The van der Waals surface area contributed by atoms with Crippen molar-refractivity contribution in [3.05, 3.63) is 58.6 Å². The van der Waals surface area contributed by atoms with Gasteiger partial charge < -0.3 is 9.47 Å². The predicted octanol–water partition coefficient (Wildman–Crippen LogP) is 4.31. The summed E-state index contributed by atoms with van der Waals surface area (Å²) < 4.78 is 12.0. The van der Waals surface area contributed by atoms with Crippen molar-refractivity contribution in [1.29, 1.82) is 0 Å². The molecule has 86 valence electrons. The molecule has 1 aliphatic rings. The fourth-order valence-electron chi connectivity index (χ4n) is 1.63. The maximum absolute atomic E-state index is 5.73. The molecule has 0 radical (unpaired) electrons. The van der Waals surface area contributed by atoms with Gasteiger partial charge in [-0.05, 0) is 42.0 Å². The molecule has 3 rings (SSSR count). The first-order valence-corrected chi connectivity index (χ1v) is 6.25. The van der Waals surface area contributed by atoms with Gasteiger partial charge >= 0.3 is 0 Å². The van der Waals surface area contributed by atoms with Crippen molar-refractivity contribution in [1.82, 2.24) is 0 Å². The Morgan fingerprint density at radius 1 is 0.941 bits per heavy atom. The Balaban J connectivity index is 1.73. The highest BCUT2D eigenvalue weighted by atomic mass is 79.9. The van der Waals surface area contributed by atoms with Gasteiger partial charge in [-0.25, -0.2) is 0 Å². The molecule has 1 fully saturated rings. The van der Waals surface area contributed by atoms with Gasteiger partial charge in [-0.15, -0.1) is 0 Å². The van der Waals surface area contributed by atoms with Crippen molar-refractivity contribution >= 4 is 15.9 Å². The van der Waals surface area contributed by atoms with E-state index in [0.717, 1.165) is 22.6 Å². The van der Waals surface area contributed by atoms with Gasteiger partial charge in [-0.1, -0.05) is 28.1 Å². The largest absolute Gasteiger partial charge is 0.457 e. The van der Waals surface area contributed by atoms with Crippen molar-refractivity contribution in [2.24, 2.45) is 0 Å². The van der Waals surface area contributed by atoms with Crippen LogP contribution in [0.15, 0.2) is 53.0 Å². The summed E-state index contributed by atoms with van der Waals surface area (Å²) >= 11 is 3.39. The van der Waals surface area contributed by atoms with Crippen LogP contribution in [0.2, 0.25) is 0 Å². The predicted molar refractivity (Wildman–Crippen MR) is 69.4 cm³/mol. The van der Waals surface area contributed by atoms with Crippen LogP contribution in [0.25, 0.3) is 0 Å². The average Bonchev–Trinajstić information content (AvgIpc) is 3.17. The lowest BCUT2D eigenvalue weighted by atomic mass is 10.1. The van der Waals surface area contributed by atoms with Gasteiger partial charge in [-0.3, -0.25) is 0 Å². The van der Waals surface area contributed by atoms with Crippen molar-refractivity contribution in [2.45, 2.75) is 6.10 Å². The molecule has 2 nitrogen and oxygen atoms in total. The van der Waals surface area contributed by atoms with Crippen LogP contribution < -0.4 is 4.74 Å². The zero-order chi connectivity index (χ0) is 11.7. The number of benzene rings is 2. The molecule has 2 aromatic rings. The quantitative estimate of drug-likeness (QED) is 0.786. The third-order valence-corrected chi connectivity index (χ3v) is 3.16. The maximum Gasteiger partial charge on any atom is 0.127 e. The van der Waals surface area contributed by atoms with Crippen LogP contribution >= 0.6 is 15.9 Å². The van der Waals surface area contributed by atoms with Gasteiger partial charge in [0, 0.05) is 4.47 Å². The molecule has 0 saturated carbocycles. The minimum Gasteiger partial charge on any atom is -0.457 e. The second-order valence-electron chi connectivity index (χ2n) is 3.95. The highest BCUT2D eigenvalue weighted by Gasteiger charge is 2.24. The number of hydrogen-bond acceptors (Lipinski definition) is 2. The Kier molecular flexibility index (Phi) is 2.87. The first-order chi connectivity index (χ1) is 8.31. The Morgan fingerprint density at radius 2 is 1.47 bits per heavy atom. The first-order valence-electron chi connectivity index (χ1n) is 5.46. The fourth-order valence-corrected chi connectivity index (χ4v) is 1.89. The Morgan fingerprint density at radius 3 is 2.00 bits per heavy atom. The van der Waals surface area contributed by atoms with E-state index in [0.29, 0.717) is 6.10 Å². The summed E-state index contributed by atoms with van der Waals surface area (Å²) in [5.74, 6) is 1.68. The molecule has 0 unspecified atom stereocenters. The number of halogens is 1. The Bertz CT molecular complexity index is 501. The molecule has 0 N–H and O–H groups in total. The van der Waals surface area contributed by atoms with E-state index < -0.39 is 0 Å². The van der Waals surface area contributed by atoms with E-state index in [1.165, 1.54) is 5.56 Å². The second-order valence-corrected chi connectivity index (χ2v) is 4.86. The number of rotatable bonds is 3. The number of ether oxygens (including phenoxy) is 2. The zero-order valence-electron chi connectivity index (χ0n) is 9.10. The monoisotopic (exact) mass is 290 g/mol. The lowest BCUT2D eigenvalue weighted by Gasteiger charge is -2.06. The molecular formula is C14H11BrO2. The minimum atomic E-state index is 0.303. The molecule has 0 bridgehead atoms. The molecule has 2 aromatic carbocycles. The van der Waals surface area contributed by atoms with Gasteiger partial charge in [-0.2, -0.15) is 0 Å². The lowest BCUT2D eigenvalue weighted by molar-refractivity contribution is 0.415. The standard InChI is InChI=1S/C14H11BrO2/c15-11-3-7-13(8-4-11)17-12-5-1-10(2-6-12)14-9-16-14/h1-8,14H,9H2/t14-/m1/s1. The summed E-state index contributed by atoms with van der Waals surface area (Å²) in [5, 5.41) is 0. The third-order valence-electron chi connectivity index (χ3n) is 2.63. The topological polar surface area (TPSA) is 21.8 Å². The Labute approximate surface area is 108 Å².